The molecule has 2 aromatic heterocycles. The predicted octanol–water partition coefficient (Wildman–Crippen LogP) is 4.38. The van der Waals surface area contributed by atoms with Crippen LogP contribution in [0.25, 0.3) is 10.9 Å². The van der Waals surface area contributed by atoms with Crippen LogP contribution >= 0.6 is 38.9 Å². The van der Waals surface area contributed by atoms with Crippen LogP contribution in [-0.4, -0.2) is 27.3 Å². The number of aromatic amines is 1. The summed E-state index contributed by atoms with van der Waals surface area (Å²) in [5, 5.41) is 0.942. The summed E-state index contributed by atoms with van der Waals surface area (Å²) < 4.78 is 14.3. The van der Waals surface area contributed by atoms with E-state index in [1.807, 2.05) is 0 Å². The van der Waals surface area contributed by atoms with Crippen molar-refractivity contribution in [1.29, 1.82) is 0 Å². The maximum atomic E-state index is 13.4. The number of fused-ring (bicyclic) bond motifs is 2. The average Bonchev–Trinajstić information content (AvgIpc) is 3.07. The van der Waals surface area contributed by atoms with E-state index in [-0.39, 0.29) is 5.91 Å². The highest BCUT2D eigenvalue weighted by Crippen LogP contribution is 2.30. The second-order valence-corrected chi connectivity index (χ2v) is 8.11. The number of nitrogens with zero attached hydrogens (tertiary/aromatic N) is 2. The summed E-state index contributed by atoms with van der Waals surface area (Å²) in [5.74, 6) is -0.548. The Kier molecular flexibility index (Phi) is 3.66. The third kappa shape index (κ3) is 2.66. The summed E-state index contributed by atoms with van der Waals surface area (Å²) in [5.41, 5.74) is 1.99. The molecule has 0 radical (unpaired) electrons. The molecule has 0 bridgehead atoms. The lowest BCUT2D eigenvalue weighted by atomic mass is 10.1. The van der Waals surface area contributed by atoms with Crippen LogP contribution in [0.4, 0.5) is 4.39 Å². The van der Waals surface area contributed by atoms with Gasteiger partial charge in [-0.05, 0) is 34.1 Å². The molecular weight excluding hydrogens is 405 g/mol. The minimum atomic E-state index is -0.430. The van der Waals surface area contributed by atoms with Crippen molar-refractivity contribution in [2.24, 2.45) is 0 Å². The van der Waals surface area contributed by atoms with Gasteiger partial charge in [0, 0.05) is 23.2 Å². The molecule has 3 aromatic rings. The van der Waals surface area contributed by atoms with E-state index in [1.165, 1.54) is 12.1 Å². The largest absolute Gasteiger partial charge is 0.350 e. The van der Waals surface area contributed by atoms with E-state index in [0.29, 0.717) is 34.7 Å². The van der Waals surface area contributed by atoms with Crippen LogP contribution in [0.3, 0.4) is 0 Å². The molecule has 1 N–H and O–H groups in total. The fourth-order valence-electron chi connectivity index (χ4n) is 2.78. The zero-order valence-corrected chi connectivity index (χ0v) is 14.9. The monoisotopic (exact) mass is 413 g/mol. The van der Waals surface area contributed by atoms with Crippen LogP contribution in [-0.2, 0) is 13.0 Å². The highest BCUT2D eigenvalue weighted by molar-refractivity contribution is 9.11. The van der Waals surface area contributed by atoms with Crippen LogP contribution in [0, 0.1) is 5.82 Å². The summed E-state index contributed by atoms with van der Waals surface area (Å²) in [7, 11) is 0. The van der Waals surface area contributed by atoms with Gasteiger partial charge in [-0.3, -0.25) is 4.79 Å². The van der Waals surface area contributed by atoms with Crippen LogP contribution in [0.15, 0.2) is 22.1 Å². The summed E-state index contributed by atoms with van der Waals surface area (Å²) in [4.78, 5) is 22.9. The quantitative estimate of drug-likeness (QED) is 0.642. The van der Waals surface area contributed by atoms with E-state index < -0.39 is 5.82 Å². The normalized spacial score (nSPS) is 14.3. The molecule has 1 aliphatic heterocycles. The highest BCUT2D eigenvalue weighted by Gasteiger charge is 2.25. The fourth-order valence-corrected chi connectivity index (χ4v) is 4.69. The number of halogens is 3. The van der Waals surface area contributed by atoms with Crippen LogP contribution in [0.5, 0.6) is 0 Å². The van der Waals surface area contributed by atoms with Gasteiger partial charge in [-0.1, -0.05) is 11.6 Å². The topological polar surface area (TPSA) is 49.0 Å². The lowest BCUT2D eigenvalue weighted by Gasteiger charge is -2.25. The Morgan fingerprint density at radius 3 is 3.09 bits per heavy atom. The summed E-state index contributed by atoms with van der Waals surface area (Å²) in [6.45, 7) is 1.15. The molecule has 0 saturated heterocycles. The summed E-state index contributed by atoms with van der Waals surface area (Å²) in [6, 6.07) is 4.26. The van der Waals surface area contributed by atoms with Gasteiger partial charge in [0.1, 0.15) is 11.5 Å². The molecule has 0 unspecified atom stereocenters. The first kappa shape index (κ1) is 15.1. The zero-order valence-electron chi connectivity index (χ0n) is 11.7. The average molecular weight is 415 g/mol. The van der Waals surface area contributed by atoms with Crippen molar-refractivity contribution in [3.8, 4) is 0 Å². The number of carbonyl (C=O) groups is 1. The van der Waals surface area contributed by atoms with Gasteiger partial charge in [-0.25, -0.2) is 9.37 Å². The van der Waals surface area contributed by atoms with Gasteiger partial charge in [0.2, 0.25) is 0 Å². The van der Waals surface area contributed by atoms with Crippen LogP contribution in [0.2, 0.25) is 5.02 Å². The number of thiazole rings is 1. The van der Waals surface area contributed by atoms with E-state index in [9.17, 15) is 9.18 Å². The van der Waals surface area contributed by atoms with Gasteiger partial charge in [0.05, 0.1) is 22.8 Å². The van der Waals surface area contributed by atoms with Gasteiger partial charge in [0.15, 0.2) is 3.92 Å². The van der Waals surface area contributed by atoms with E-state index in [4.69, 9.17) is 11.6 Å². The van der Waals surface area contributed by atoms with Gasteiger partial charge in [-0.2, -0.15) is 0 Å². The first-order valence-electron chi connectivity index (χ1n) is 6.92. The van der Waals surface area contributed by atoms with Crippen molar-refractivity contribution in [3.05, 3.63) is 49.2 Å². The third-order valence-corrected chi connectivity index (χ3v) is 5.72. The maximum Gasteiger partial charge on any atom is 0.270 e. The Morgan fingerprint density at radius 1 is 1.43 bits per heavy atom. The standard InChI is InChI=1S/C15H10BrClFN3OS/c16-15-20-10-1-2-21(6-13(10)23-15)14(22)12-5-8-9(17)3-7(18)4-11(8)19-12/h3-5,19H,1-2,6H2. The number of H-pyrrole nitrogens is 1. The minimum absolute atomic E-state index is 0.118. The van der Waals surface area contributed by atoms with Gasteiger partial charge in [0.25, 0.3) is 5.91 Å². The number of nitrogens with one attached hydrogen (secondary N) is 1. The molecule has 118 valence electrons. The molecule has 0 aliphatic carbocycles. The van der Waals surface area contributed by atoms with Crippen molar-refractivity contribution in [1.82, 2.24) is 14.9 Å². The third-order valence-electron chi connectivity index (χ3n) is 3.88. The fraction of sp³-hybridized carbons (Fsp3) is 0.200. The molecule has 0 saturated carbocycles. The molecule has 1 amide bonds. The molecule has 4 rings (SSSR count). The Hall–Kier alpha value is -1.44. The summed E-state index contributed by atoms with van der Waals surface area (Å²) in [6.07, 6.45) is 0.735. The summed E-state index contributed by atoms with van der Waals surface area (Å²) >= 11 is 11.0. The SMILES string of the molecule is O=C(c1cc2c(Cl)cc(F)cc2[nH]1)N1CCc2nc(Br)sc2C1. The van der Waals surface area contributed by atoms with Crippen molar-refractivity contribution in [2.75, 3.05) is 6.54 Å². The highest BCUT2D eigenvalue weighted by atomic mass is 79.9. The Balaban J connectivity index is 1.66. The Labute approximate surface area is 148 Å². The number of hydrogen-bond acceptors (Lipinski definition) is 3. The minimum Gasteiger partial charge on any atom is -0.350 e. The molecule has 1 aliphatic rings. The zero-order chi connectivity index (χ0) is 16.1. The number of rotatable bonds is 1. The van der Waals surface area contributed by atoms with E-state index >= 15 is 0 Å². The lowest BCUT2D eigenvalue weighted by Crippen LogP contribution is -2.35. The molecule has 1 aromatic carbocycles. The first-order chi connectivity index (χ1) is 11.0. The number of hydrogen-bond donors (Lipinski definition) is 1. The number of benzene rings is 1. The number of aromatic nitrogens is 2. The molecule has 3 heterocycles. The van der Waals surface area contributed by atoms with Gasteiger partial charge in [-0.15, -0.1) is 11.3 Å². The number of amides is 1. The second-order valence-electron chi connectivity index (χ2n) is 5.35. The molecule has 0 atom stereocenters. The van der Waals surface area contributed by atoms with Gasteiger partial charge < -0.3 is 9.88 Å². The first-order valence-corrected chi connectivity index (χ1v) is 8.91. The second kappa shape index (κ2) is 5.58. The van der Waals surface area contributed by atoms with Crippen molar-refractivity contribution >= 4 is 55.7 Å². The Morgan fingerprint density at radius 2 is 2.26 bits per heavy atom. The lowest BCUT2D eigenvalue weighted by molar-refractivity contribution is 0.0731. The smallest absolute Gasteiger partial charge is 0.270 e. The van der Waals surface area contributed by atoms with E-state index in [2.05, 4.69) is 25.9 Å². The number of carbonyl (C=O) groups excluding carboxylic acids is 1. The van der Waals surface area contributed by atoms with Crippen LogP contribution < -0.4 is 0 Å². The van der Waals surface area contributed by atoms with Crippen LogP contribution in [0.1, 0.15) is 21.1 Å². The molecule has 23 heavy (non-hydrogen) atoms. The molecule has 0 fully saturated rings. The van der Waals surface area contributed by atoms with E-state index in [0.717, 1.165) is 20.9 Å². The van der Waals surface area contributed by atoms with Crippen molar-refractivity contribution in [3.63, 3.8) is 0 Å². The van der Waals surface area contributed by atoms with E-state index in [1.54, 1.807) is 22.3 Å². The van der Waals surface area contributed by atoms with Crippen molar-refractivity contribution in [2.45, 2.75) is 13.0 Å². The van der Waals surface area contributed by atoms with Gasteiger partial charge >= 0.3 is 0 Å². The van der Waals surface area contributed by atoms with Crippen molar-refractivity contribution < 1.29 is 9.18 Å². The predicted molar refractivity (Wildman–Crippen MR) is 91.5 cm³/mol. The molecule has 4 nitrogen and oxygen atoms in total. The molecule has 8 heteroatoms. The molecular formula is C15H10BrClFN3OS. The molecule has 0 spiro atoms. The maximum absolute atomic E-state index is 13.4. The Bertz CT molecular complexity index is 938.